The van der Waals surface area contributed by atoms with Gasteiger partial charge in [-0.15, -0.1) is 0 Å². The number of aromatic nitrogens is 1. The Morgan fingerprint density at radius 2 is 1.82 bits per heavy atom. The van der Waals surface area contributed by atoms with Crippen LogP contribution >= 0.6 is 0 Å². The summed E-state index contributed by atoms with van der Waals surface area (Å²) in [4.78, 5) is 26.1. The van der Waals surface area contributed by atoms with Crippen molar-refractivity contribution in [3.8, 4) is 5.75 Å². The number of nitrogens with zero attached hydrogens (tertiary/aromatic N) is 2. The molecule has 0 atom stereocenters. The Kier molecular flexibility index (Phi) is 5.60. The van der Waals surface area contributed by atoms with Gasteiger partial charge in [0.25, 0.3) is 5.56 Å². The van der Waals surface area contributed by atoms with Crippen LogP contribution in [-0.2, 0) is 28.1 Å². The number of aryl methyl sites for hydroxylation is 2. The highest BCUT2D eigenvalue weighted by Crippen LogP contribution is 2.19. The molecule has 2 heterocycles. The summed E-state index contributed by atoms with van der Waals surface area (Å²) in [6.07, 6.45) is 1.97. The van der Waals surface area contributed by atoms with E-state index in [9.17, 15) is 18.0 Å². The number of likely N-dealkylation sites (tertiary alicyclic amines) is 1. The number of carbonyl (C=O) groups excluding carboxylic acids is 1. The molecule has 3 rings (SSSR count). The summed E-state index contributed by atoms with van der Waals surface area (Å²) in [6, 6.07) is 9.88. The van der Waals surface area contributed by atoms with Crippen molar-refractivity contribution >= 4 is 15.7 Å². The lowest BCUT2D eigenvalue weighted by atomic mass is 10.1. The molecule has 8 heteroatoms. The predicted octanol–water partition coefficient (Wildman–Crippen LogP) is 1.32. The van der Waals surface area contributed by atoms with E-state index in [0.29, 0.717) is 31.7 Å². The smallest absolute Gasteiger partial charge is 0.254 e. The molecule has 0 aliphatic carbocycles. The zero-order chi connectivity index (χ0) is 20.5. The Morgan fingerprint density at radius 3 is 2.39 bits per heavy atom. The highest BCUT2D eigenvalue weighted by atomic mass is 32.2. The molecule has 0 unspecified atom stereocenters. The molecule has 0 radical (unpaired) electrons. The molecule has 1 aliphatic rings. The van der Waals surface area contributed by atoms with Crippen molar-refractivity contribution in [1.82, 2.24) is 9.47 Å². The normalized spacial score (nSPS) is 14.6. The van der Waals surface area contributed by atoms with Crippen molar-refractivity contribution in [2.24, 2.45) is 7.05 Å². The summed E-state index contributed by atoms with van der Waals surface area (Å²) < 4.78 is 30.3. The maximum absolute atomic E-state index is 12.3. The van der Waals surface area contributed by atoms with Crippen molar-refractivity contribution in [2.75, 3.05) is 19.3 Å². The topological polar surface area (TPSA) is 85.7 Å². The molecule has 150 valence electrons. The van der Waals surface area contributed by atoms with E-state index >= 15 is 0 Å². The third-order valence-electron chi connectivity index (χ3n) is 4.96. The zero-order valence-corrected chi connectivity index (χ0v) is 17.0. The van der Waals surface area contributed by atoms with Gasteiger partial charge in [0, 0.05) is 31.5 Å². The lowest BCUT2D eigenvalue weighted by molar-refractivity contribution is -0.139. The van der Waals surface area contributed by atoms with Gasteiger partial charge in [-0.1, -0.05) is 12.1 Å². The number of benzene rings is 1. The minimum atomic E-state index is -3.21. The van der Waals surface area contributed by atoms with Crippen molar-refractivity contribution < 1.29 is 17.9 Å². The van der Waals surface area contributed by atoms with Gasteiger partial charge in [0.2, 0.25) is 5.91 Å². The predicted molar refractivity (Wildman–Crippen MR) is 105 cm³/mol. The minimum absolute atomic E-state index is 0.0344. The van der Waals surface area contributed by atoms with Gasteiger partial charge >= 0.3 is 0 Å². The van der Waals surface area contributed by atoms with Crippen LogP contribution in [-0.4, -0.2) is 49.2 Å². The van der Waals surface area contributed by atoms with Crippen LogP contribution < -0.4 is 10.3 Å². The number of ether oxygens (including phenoxy) is 1. The van der Waals surface area contributed by atoms with Crippen LogP contribution in [0, 0.1) is 6.92 Å². The lowest BCUT2D eigenvalue weighted by Crippen LogP contribution is -2.56. The molecule has 1 aromatic carbocycles. The summed E-state index contributed by atoms with van der Waals surface area (Å²) in [5.41, 5.74) is 1.62. The lowest BCUT2D eigenvalue weighted by Gasteiger charge is -2.39. The fourth-order valence-corrected chi connectivity index (χ4v) is 3.66. The van der Waals surface area contributed by atoms with E-state index in [0.717, 1.165) is 11.3 Å². The van der Waals surface area contributed by atoms with Crippen LogP contribution in [0.1, 0.15) is 17.7 Å². The standard InChI is InChI=1S/C20H24N2O5S/c1-14-10-16(11-20(24)21(14)2)27-17-12-22(13-17)19(23)9-6-15-4-7-18(8-5-15)28(3,25)26/h4-5,7-8,10-11,17H,6,9,12-13H2,1-3H3. The molecular formula is C20H24N2O5S. The molecule has 28 heavy (non-hydrogen) atoms. The number of sulfone groups is 1. The first-order chi connectivity index (χ1) is 13.1. The van der Waals surface area contributed by atoms with E-state index in [2.05, 4.69) is 0 Å². The summed E-state index contributed by atoms with van der Waals surface area (Å²) in [6.45, 7) is 2.84. The van der Waals surface area contributed by atoms with Crippen molar-refractivity contribution in [1.29, 1.82) is 0 Å². The summed E-state index contributed by atoms with van der Waals surface area (Å²) in [7, 11) is -1.50. The third kappa shape index (κ3) is 4.62. The minimum Gasteiger partial charge on any atom is -0.486 e. The Bertz CT molecular complexity index is 1040. The van der Waals surface area contributed by atoms with Crippen LogP contribution in [0.2, 0.25) is 0 Å². The molecule has 0 N–H and O–H groups in total. The highest BCUT2D eigenvalue weighted by molar-refractivity contribution is 7.90. The van der Waals surface area contributed by atoms with Gasteiger partial charge in [-0.05, 0) is 37.1 Å². The molecule has 1 aromatic heterocycles. The molecule has 1 fully saturated rings. The quantitative estimate of drug-likeness (QED) is 0.725. The van der Waals surface area contributed by atoms with Crippen molar-refractivity contribution in [3.05, 3.63) is 58.0 Å². The largest absolute Gasteiger partial charge is 0.486 e. The third-order valence-corrected chi connectivity index (χ3v) is 6.09. The summed E-state index contributed by atoms with van der Waals surface area (Å²) in [5, 5.41) is 0. The van der Waals surface area contributed by atoms with Gasteiger partial charge in [-0.3, -0.25) is 9.59 Å². The first-order valence-electron chi connectivity index (χ1n) is 9.04. The number of amides is 1. The average molecular weight is 404 g/mol. The Hall–Kier alpha value is -2.61. The van der Waals surface area contributed by atoms with Crippen molar-refractivity contribution in [2.45, 2.75) is 30.8 Å². The summed E-state index contributed by atoms with van der Waals surface area (Å²) in [5.74, 6) is 0.566. The first-order valence-corrected chi connectivity index (χ1v) is 10.9. The van der Waals surface area contributed by atoms with Gasteiger partial charge in [0.1, 0.15) is 11.9 Å². The van der Waals surface area contributed by atoms with E-state index < -0.39 is 9.84 Å². The van der Waals surface area contributed by atoms with E-state index in [1.165, 1.54) is 12.3 Å². The second-order valence-electron chi connectivity index (χ2n) is 7.18. The maximum atomic E-state index is 12.3. The van der Waals surface area contributed by atoms with Crippen LogP contribution in [0.15, 0.2) is 46.1 Å². The molecule has 0 saturated carbocycles. The van der Waals surface area contributed by atoms with Crippen LogP contribution in [0.5, 0.6) is 5.75 Å². The molecule has 2 aromatic rings. The van der Waals surface area contributed by atoms with Crippen LogP contribution in [0.25, 0.3) is 0 Å². The molecule has 1 aliphatic heterocycles. The number of hydrogen-bond donors (Lipinski definition) is 0. The number of carbonyl (C=O) groups is 1. The number of pyridine rings is 1. The van der Waals surface area contributed by atoms with Crippen molar-refractivity contribution in [3.63, 3.8) is 0 Å². The Labute approximate surface area is 164 Å². The Balaban J connectivity index is 1.47. The van der Waals surface area contributed by atoms with E-state index in [4.69, 9.17) is 4.74 Å². The monoisotopic (exact) mass is 404 g/mol. The molecular weight excluding hydrogens is 380 g/mol. The number of hydrogen-bond acceptors (Lipinski definition) is 5. The van der Waals surface area contributed by atoms with Gasteiger partial charge < -0.3 is 14.2 Å². The Morgan fingerprint density at radius 1 is 1.18 bits per heavy atom. The second kappa shape index (κ2) is 7.79. The molecule has 7 nitrogen and oxygen atoms in total. The van der Waals surface area contributed by atoms with Gasteiger partial charge in [0.05, 0.1) is 18.0 Å². The van der Waals surface area contributed by atoms with Gasteiger partial charge in [0.15, 0.2) is 9.84 Å². The molecule has 1 amide bonds. The maximum Gasteiger partial charge on any atom is 0.254 e. The SMILES string of the molecule is Cc1cc(OC2CN(C(=O)CCc3ccc(S(C)(=O)=O)cc3)C2)cc(=O)n1C. The molecule has 0 bridgehead atoms. The average Bonchev–Trinajstić information content (AvgIpc) is 2.59. The van der Waals surface area contributed by atoms with E-state index in [1.54, 1.807) is 40.8 Å². The second-order valence-corrected chi connectivity index (χ2v) is 9.20. The zero-order valence-electron chi connectivity index (χ0n) is 16.2. The van der Waals surface area contributed by atoms with Gasteiger partial charge in [-0.25, -0.2) is 8.42 Å². The first kappa shape index (κ1) is 20.1. The highest BCUT2D eigenvalue weighted by Gasteiger charge is 2.32. The molecule has 0 spiro atoms. The van der Waals surface area contributed by atoms with E-state index in [-0.39, 0.29) is 22.5 Å². The van der Waals surface area contributed by atoms with Crippen LogP contribution in [0.4, 0.5) is 0 Å². The fourth-order valence-electron chi connectivity index (χ4n) is 3.03. The van der Waals surface area contributed by atoms with Crippen LogP contribution in [0.3, 0.4) is 0 Å². The fraction of sp³-hybridized carbons (Fsp3) is 0.400. The molecule has 1 saturated heterocycles. The van der Waals surface area contributed by atoms with E-state index in [1.807, 2.05) is 13.0 Å². The van der Waals surface area contributed by atoms with Gasteiger partial charge in [-0.2, -0.15) is 0 Å². The summed E-state index contributed by atoms with van der Waals surface area (Å²) >= 11 is 0. The number of rotatable bonds is 6.